The van der Waals surface area contributed by atoms with Gasteiger partial charge < -0.3 is 23.9 Å². The second kappa shape index (κ2) is 14.9. The number of fused-ring (bicyclic) bond motifs is 3. The highest BCUT2D eigenvalue weighted by Crippen LogP contribution is 2.51. The molecule has 4 heterocycles. The van der Waals surface area contributed by atoms with Crippen molar-refractivity contribution in [2.24, 2.45) is 5.41 Å². The van der Waals surface area contributed by atoms with Gasteiger partial charge in [0.15, 0.2) is 0 Å². The summed E-state index contributed by atoms with van der Waals surface area (Å²) in [6, 6.07) is 47.1. The van der Waals surface area contributed by atoms with Gasteiger partial charge in [0.2, 0.25) is 0 Å². The van der Waals surface area contributed by atoms with E-state index in [0.717, 1.165) is 74.8 Å². The molecule has 0 N–H and O–H groups in total. The molecule has 3 aliphatic heterocycles. The first kappa shape index (κ1) is 41.5. The average Bonchev–Trinajstić information content (AvgIpc) is 3.55. The van der Waals surface area contributed by atoms with Crippen LogP contribution in [0, 0.1) is 5.41 Å². The molecule has 0 saturated carbocycles. The first-order chi connectivity index (χ1) is 29.3. The van der Waals surface area contributed by atoms with Gasteiger partial charge in [0.25, 0.3) is 6.71 Å². The summed E-state index contributed by atoms with van der Waals surface area (Å²) in [6.45, 7) is 27.7. The highest BCUT2D eigenvalue weighted by atomic mass is 16.5. The summed E-state index contributed by atoms with van der Waals surface area (Å²) >= 11 is 0. The maximum atomic E-state index is 7.28. The summed E-state index contributed by atoms with van der Waals surface area (Å²) < 4.78 is 14.0. The van der Waals surface area contributed by atoms with Crippen LogP contribution in [0.4, 0.5) is 45.5 Å². The van der Waals surface area contributed by atoms with Crippen molar-refractivity contribution in [2.75, 3.05) is 21.3 Å². The Labute approximate surface area is 370 Å². The lowest BCUT2D eigenvalue weighted by atomic mass is 9.34. The van der Waals surface area contributed by atoms with Crippen LogP contribution < -0.4 is 25.8 Å². The summed E-state index contributed by atoms with van der Waals surface area (Å²) in [6.07, 6.45) is 3.10. The van der Waals surface area contributed by atoms with Crippen LogP contribution in [0.2, 0.25) is 0 Å². The summed E-state index contributed by atoms with van der Waals surface area (Å²) in [4.78, 5) is 7.40. The van der Waals surface area contributed by atoms with Crippen LogP contribution in [-0.4, -0.2) is 13.3 Å². The molecule has 0 amide bonds. The topological polar surface area (TPSA) is 32.1 Å². The Morgan fingerprint density at radius 1 is 0.516 bits per heavy atom. The van der Waals surface area contributed by atoms with Crippen molar-refractivity contribution in [3.8, 4) is 0 Å². The smallest absolute Gasteiger partial charge is 0.293 e. The lowest BCUT2D eigenvalue weighted by Gasteiger charge is -2.44. The van der Waals surface area contributed by atoms with E-state index in [1.807, 2.05) is 0 Å². The van der Waals surface area contributed by atoms with Crippen LogP contribution in [0.3, 0.4) is 0 Å². The summed E-state index contributed by atoms with van der Waals surface area (Å²) in [5.41, 5.74) is 15.7. The fourth-order valence-corrected chi connectivity index (χ4v) is 9.24. The number of rotatable bonds is 5. The third-order valence-corrected chi connectivity index (χ3v) is 12.7. The van der Waals surface area contributed by atoms with Gasteiger partial charge in [-0.2, -0.15) is 0 Å². The molecular weight excluding hydrogens is 757 g/mol. The standard InChI is InChI=1S/C56H62BN3O2/c1-53(2,3)37-23-27-41(28-24-37)59-45-35-49(55(7,8)9)61-32-31-44(45)57-51-46(59)33-43(58(39-19-15-13-16-20-39)40-21-17-14-18-22-40)34-47(51)60(42-29-25-38(26-30-42)54(4,5)6)48-36-50(56(10,11)12)62-52(48)57/h13-30,33-36H,31-32H2,1-12H3. The number of ether oxygens (including phenoxy) is 1. The molecule has 0 bridgehead atoms. The maximum Gasteiger partial charge on any atom is 0.293 e. The Kier molecular flexibility index (Phi) is 9.96. The third-order valence-electron chi connectivity index (χ3n) is 12.7. The van der Waals surface area contributed by atoms with Crippen LogP contribution in [-0.2, 0) is 21.0 Å². The zero-order valence-electron chi connectivity index (χ0n) is 38.9. The Balaban J connectivity index is 1.42. The lowest BCUT2D eigenvalue weighted by molar-refractivity contribution is 0.157. The Morgan fingerprint density at radius 3 is 1.50 bits per heavy atom. The predicted octanol–water partition coefficient (Wildman–Crippen LogP) is 14.3. The highest BCUT2D eigenvalue weighted by Gasteiger charge is 2.48. The van der Waals surface area contributed by atoms with E-state index in [1.165, 1.54) is 22.1 Å². The van der Waals surface area contributed by atoms with Crippen LogP contribution in [0.25, 0.3) is 0 Å². The number of furan rings is 1. The Hall–Kier alpha value is -5.88. The van der Waals surface area contributed by atoms with Crippen molar-refractivity contribution in [1.29, 1.82) is 0 Å². The molecule has 6 aromatic rings. The third kappa shape index (κ3) is 7.35. The number of hydrogen-bond acceptors (Lipinski definition) is 5. The van der Waals surface area contributed by atoms with E-state index >= 15 is 0 Å². The van der Waals surface area contributed by atoms with Gasteiger partial charge in [0, 0.05) is 56.7 Å². The maximum absolute atomic E-state index is 7.28. The number of hydrogen-bond donors (Lipinski definition) is 0. The first-order valence-corrected chi connectivity index (χ1v) is 22.4. The van der Waals surface area contributed by atoms with Crippen molar-refractivity contribution in [3.05, 3.63) is 167 Å². The average molecular weight is 820 g/mol. The van der Waals surface area contributed by atoms with Gasteiger partial charge in [-0.25, -0.2) is 0 Å². The molecule has 9 rings (SSSR count). The molecule has 1 aromatic heterocycles. The minimum atomic E-state index is -0.213. The van der Waals surface area contributed by atoms with Gasteiger partial charge in [-0.15, -0.1) is 0 Å². The monoisotopic (exact) mass is 819 g/mol. The van der Waals surface area contributed by atoms with Gasteiger partial charge in [-0.1, -0.05) is 149 Å². The normalized spacial score (nSPS) is 15.4. The molecule has 0 spiro atoms. The van der Waals surface area contributed by atoms with Crippen molar-refractivity contribution in [1.82, 2.24) is 0 Å². The molecule has 5 nitrogen and oxygen atoms in total. The second-order valence-corrected chi connectivity index (χ2v) is 21.5. The minimum Gasteiger partial charge on any atom is -0.497 e. The summed E-state index contributed by atoms with van der Waals surface area (Å²) in [5.74, 6) is 1.96. The molecule has 5 aromatic carbocycles. The van der Waals surface area contributed by atoms with E-state index in [9.17, 15) is 0 Å². The zero-order chi connectivity index (χ0) is 43.9. The molecule has 316 valence electrons. The van der Waals surface area contributed by atoms with Crippen molar-refractivity contribution in [2.45, 2.75) is 106 Å². The fourth-order valence-electron chi connectivity index (χ4n) is 9.24. The first-order valence-electron chi connectivity index (χ1n) is 22.4. The summed E-state index contributed by atoms with van der Waals surface area (Å²) in [5, 5.41) is 0. The van der Waals surface area contributed by atoms with E-state index in [0.29, 0.717) is 6.61 Å². The van der Waals surface area contributed by atoms with E-state index in [4.69, 9.17) is 9.15 Å². The van der Waals surface area contributed by atoms with E-state index in [1.54, 1.807) is 0 Å². The van der Waals surface area contributed by atoms with Gasteiger partial charge in [-0.3, -0.25) is 0 Å². The van der Waals surface area contributed by atoms with Crippen LogP contribution in [0.1, 0.15) is 106 Å². The van der Waals surface area contributed by atoms with Gasteiger partial charge in [-0.05, 0) is 101 Å². The molecule has 0 fully saturated rings. The molecule has 0 atom stereocenters. The van der Waals surface area contributed by atoms with Crippen molar-refractivity contribution < 1.29 is 9.15 Å². The lowest BCUT2D eigenvalue weighted by Crippen LogP contribution is -2.55. The second-order valence-electron chi connectivity index (χ2n) is 21.5. The Bertz CT molecular complexity index is 2640. The number of benzene rings is 5. The van der Waals surface area contributed by atoms with Gasteiger partial charge in [0.05, 0.1) is 23.6 Å². The van der Waals surface area contributed by atoms with Crippen molar-refractivity contribution in [3.63, 3.8) is 0 Å². The molecule has 0 saturated heterocycles. The number of allylic oxidation sites excluding steroid dienone is 2. The number of anilines is 8. The van der Waals surface area contributed by atoms with Gasteiger partial charge in [0.1, 0.15) is 11.5 Å². The molecule has 0 aliphatic carbocycles. The molecule has 0 radical (unpaired) electrons. The largest absolute Gasteiger partial charge is 0.497 e. The van der Waals surface area contributed by atoms with Crippen LogP contribution in [0.5, 0.6) is 0 Å². The van der Waals surface area contributed by atoms with Gasteiger partial charge >= 0.3 is 0 Å². The molecule has 3 aliphatic rings. The van der Waals surface area contributed by atoms with Crippen LogP contribution >= 0.6 is 0 Å². The van der Waals surface area contributed by atoms with E-state index < -0.39 is 0 Å². The Morgan fingerprint density at radius 2 is 1.02 bits per heavy atom. The predicted molar refractivity (Wildman–Crippen MR) is 263 cm³/mol. The zero-order valence-corrected chi connectivity index (χ0v) is 38.9. The highest BCUT2D eigenvalue weighted by molar-refractivity contribution is 6.94. The molecular formula is C56H62BN3O2. The quantitative estimate of drug-likeness (QED) is 0.162. The molecule has 62 heavy (non-hydrogen) atoms. The molecule has 6 heteroatoms. The fraction of sp³-hybridized carbons (Fsp3) is 0.321. The number of para-hydroxylation sites is 2. The van der Waals surface area contributed by atoms with E-state index in [2.05, 4.69) is 231 Å². The minimum absolute atomic E-state index is 0.0137. The molecule has 0 unspecified atom stereocenters. The van der Waals surface area contributed by atoms with Crippen molar-refractivity contribution >= 4 is 63.3 Å². The van der Waals surface area contributed by atoms with Crippen LogP contribution in [0.15, 0.2) is 155 Å². The SMILES string of the molecule is CC(C)(C)C1=CC2=C(CCO1)B1c3oc(C(C)(C)C)cc3N(c3ccc(C(C)(C)C)cc3)c3cc(N(c4ccccc4)c4ccccc4)cc(c31)N2c1ccc(C(C)(C)C)cc1. The van der Waals surface area contributed by atoms with E-state index in [-0.39, 0.29) is 28.4 Å². The number of nitrogens with zero attached hydrogens (tertiary/aromatic N) is 3. The summed E-state index contributed by atoms with van der Waals surface area (Å²) in [7, 11) is 0.